The highest BCUT2D eigenvalue weighted by atomic mass is 32.2. The summed E-state index contributed by atoms with van der Waals surface area (Å²) in [5.41, 5.74) is 0.919. The molecule has 0 atom stereocenters. The van der Waals surface area contributed by atoms with E-state index in [4.69, 9.17) is 5.14 Å². The first-order valence-corrected chi connectivity index (χ1v) is 7.88. The van der Waals surface area contributed by atoms with Crippen molar-refractivity contribution in [2.45, 2.75) is 27.2 Å². The molecule has 0 saturated carbocycles. The Bertz CT molecular complexity index is 530. The van der Waals surface area contributed by atoms with Gasteiger partial charge in [-0.1, -0.05) is 0 Å². The third-order valence-corrected chi connectivity index (χ3v) is 3.36. The molecule has 0 amide bonds. The standard InChI is InChI=1S/C11H21N5O2S/c1-4-13-10-8(2)11(16-9(3)15-10)14-6-5-7-19(12,17)18/h4-7H2,1-3H3,(H2,12,17,18)(H2,13,14,15,16). The van der Waals surface area contributed by atoms with E-state index in [9.17, 15) is 8.42 Å². The number of rotatable bonds is 7. The van der Waals surface area contributed by atoms with Gasteiger partial charge in [0.25, 0.3) is 0 Å². The van der Waals surface area contributed by atoms with Crippen LogP contribution >= 0.6 is 0 Å². The van der Waals surface area contributed by atoms with Crippen molar-refractivity contribution in [3.8, 4) is 0 Å². The summed E-state index contributed by atoms with van der Waals surface area (Å²) in [6.07, 6.45) is 0.442. The Morgan fingerprint density at radius 3 is 2.26 bits per heavy atom. The molecule has 19 heavy (non-hydrogen) atoms. The molecule has 0 radical (unpaired) electrons. The summed E-state index contributed by atoms with van der Waals surface area (Å²) in [4.78, 5) is 8.62. The molecule has 4 N–H and O–H groups in total. The molecule has 7 nitrogen and oxygen atoms in total. The quantitative estimate of drug-likeness (QED) is 0.634. The van der Waals surface area contributed by atoms with Crippen molar-refractivity contribution >= 4 is 21.7 Å². The van der Waals surface area contributed by atoms with Crippen LogP contribution in [0.4, 0.5) is 11.6 Å². The molecular weight excluding hydrogens is 266 g/mol. The monoisotopic (exact) mass is 287 g/mol. The fraction of sp³-hybridized carbons (Fsp3) is 0.636. The molecular formula is C11H21N5O2S. The highest BCUT2D eigenvalue weighted by molar-refractivity contribution is 7.89. The summed E-state index contributed by atoms with van der Waals surface area (Å²) in [6.45, 7) is 7.01. The summed E-state index contributed by atoms with van der Waals surface area (Å²) in [5, 5.41) is 11.2. The Labute approximate surface area is 114 Å². The molecule has 0 saturated heterocycles. The Hall–Kier alpha value is -1.41. The molecule has 0 aromatic carbocycles. The summed E-state index contributed by atoms with van der Waals surface area (Å²) in [6, 6.07) is 0. The van der Waals surface area contributed by atoms with E-state index in [0.29, 0.717) is 18.8 Å². The molecule has 0 aliphatic rings. The van der Waals surface area contributed by atoms with E-state index in [0.717, 1.165) is 23.7 Å². The Morgan fingerprint density at radius 2 is 1.74 bits per heavy atom. The lowest BCUT2D eigenvalue weighted by Gasteiger charge is -2.13. The molecule has 1 rings (SSSR count). The smallest absolute Gasteiger partial charge is 0.209 e. The Morgan fingerprint density at radius 1 is 1.16 bits per heavy atom. The van der Waals surface area contributed by atoms with Gasteiger partial charge in [0.05, 0.1) is 5.75 Å². The first-order valence-electron chi connectivity index (χ1n) is 6.17. The molecule has 8 heteroatoms. The predicted octanol–water partition coefficient (Wildman–Crippen LogP) is 0.616. The van der Waals surface area contributed by atoms with Crippen molar-refractivity contribution in [1.29, 1.82) is 0 Å². The number of nitrogens with two attached hydrogens (primary N) is 1. The zero-order valence-corrected chi connectivity index (χ0v) is 12.3. The minimum absolute atomic E-state index is 0.0385. The van der Waals surface area contributed by atoms with Gasteiger partial charge in [0.2, 0.25) is 10.0 Å². The van der Waals surface area contributed by atoms with Crippen LogP contribution in [0.25, 0.3) is 0 Å². The van der Waals surface area contributed by atoms with Gasteiger partial charge in [-0.25, -0.2) is 23.5 Å². The average molecular weight is 287 g/mol. The maximum Gasteiger partial charge on any atom is 0.209 e. The number of primary sulfonamides is 1. The summed E-state index contributed by atoms with van der Waals surface area (Å²) in [7, 11) is -3.40. The van der Waals surface area contributed by atoms with Crippen molar-refractivity contribution in [1.82, 2.24) is 9.97 Å². The van der Waals surface area contributed by atoms with Crippen molar-refractivity contribution in [3.05, 3.63) is 11.4 Å². The van der Waals surface area contributed by atoms with E-state index < -0.39 is 10.0 Å². The van der Waals surface area contributed by atoms with Crippen LogP contribution in [-0.4, -0.2) is 37.2 Å². The lowest BCUT2D eigenvalue weighted by molar-refractivity contribution is 0.595. The van der Waals surface area contributed by atoms with Gasteiger partial charge in [-0.15, -0.1) is 0 Å². The van der Waals surface area contributed by atoms with Crippen molar-refractivity contribution in [2.75, 3.05) is 29.5 Å². The zero-order chi connectivity index (χ0) is 14.5. The second kappa shape index (κ2) is 6.67. The largest absolute Gasteiger partial charge is 0.370 e. The van der Waals surface area contributed by atoms with Crippen molar-refractivity contribution in [2.24, 2.45) is 5.14 Å². The highest BCUT2D eigenvalue weighted by Gasteiger charge is 2.08. The number of aromatic nitrogens is 2. The molecule has 1 aromatic rings. The van der Waals surface area contributed by atoms with Crippen molar-refractivity contribution < 1.29 is 8.42 Å². The average Bonchev–Trinajstić information content (AvgIpc) is 2.29. The van der Waals surface area contributed by atoms with Gasteiger partial charge in [-0.05, 0) is 27.2 Å². The molecule has 0 aliphatic heterocycles. The molecule has 1 heterocycles. The van der Waals surface area contributed by atoms with E-state index in [1.165, 1.54) is 0 Å². The second-order valence-electron chi connectivity index (χ2n) is 4.27. The van der Waals surface area contributed by atoms with Gasteiger partial charge in [-0.3, -0.25) is 0 Å². The van der Waals surface area contributed by atoms with Crippen molar-refractivity contribution in [3.63, 3.8) is 0 Å². The molecule has 0 unspecified atom stereocenters. The number of sulfonamides is 1. The van der Waals surface area contributed by atoms with Gasteiger partial charge < -0.3 is 10.6 Å². The fourth-order valence-corrected chi connectivity index (χ4v) is 2.17. The van der Waals surface area contributed by atoms with E-state index in [1.54, 1.807) is 0 Å². The highest BCUT2D eigenvalue weighted by Crippen LogP contribution is 2.19. The number of hydrogen-bond donors (Lipinski definition) is 3. The van der Waals surface area contributed by atoms with Crippen LogP contribution in [0.1, 0.15) is 24.7 Å². The van der Waals surface area contributed by atoms with E-state index in [-0.39, 0.29) is 5.75 Å². The number of aryl methyl sites for hydroxylation is 1. The first kappa shape index (κ1) is 15.6. The number of anilines is 2. The normalized spacial score (nSPS) is 11.4. The van der Waals surface area contributed by atoms with E-state index >= 15 is 0 Å². The second-order valence-corrected chi connectivity index (χ2v) is 6.00. The van der Waals surface area contributed by atoms with Crippen LogP contribution < -0.4 is 15.8 Å². The summed E-state index contributed by atoms with van der Waals surface area (Å²) >= 11 is 0. The SMILES string of the molecule is CCNc1nc(C)nc(NCCCS(N)(=O)=O)c1C. The minimum Gasteiger partial charge on any atom is -0.370 e. The maximum atomic E-state index is 10.8. The lowest BCUT2D eigenvalue weighted by Crippen LogP contribution is -2.19. The molecule has 0 fully saturated rings. The molecule has 0 aliphatic carbocycles. The number of hydrogen-bond acceptors (Lipinski definition) is 6. The molecule has 0 bridgehead atoms. The fourth-order valence-electron chi connectivity index (χ4n) is 1.62. The van der Waals surface area contributed by atoms with Crippen LogP contribution in [0.15, 0.2) is 0 Å². The summed E-state index contributed by atoms with van der Waals surface area (Å²) in [5.74, 6) is 2.14. The van der Waals surface area contributed by atoms with Crippen LogP contribution in [0.2, 0.25) is 0 Å². The lowest BCUT2D eigenvalue weighted by atomic mass is 10.3. The predicted molar refractivity (Wildman–Crippen MR) is 76.8 cm³/mol. The van der Waals surface area contributed by atoms with Crippen LogP contribution in [0, 0.1) is 13.8 Å². The first-order chi connectivity index (χ1) is 8.83. The summed E-state index contributed by atoms with van der Waals surface area (Å²) < 4.78 is 21.6. The van der Waals surface area contributed by atoms with Gasteiger partial charge in [0.1, 0.15) is 17.5 Å². The number of nitrogens with zero attached hydrogens (tertiary/aromatic N) is 2. The van der Waals surface area contributed by atoms with Gasteiger partial charge in [0, 0.05) is 18.7 Å². The van der Waals surface area contributed by atoms with E-state index in [1.807, 2.05) is 20.8 Å². The Kier molecular flexibility index (Phi) is 5.49. The molecule has 1 aromatic heterocycles. The topological polar surface area (TPSA) is 110 Å². The third-order valence-electron chi connectivity index (χ3n) is 2.50. The maximum absolute atomic E-state index is 10.8. The van der Waals surface area contributed by atoms with Crippen LogP contribution in [0.3, 0.4) is 0 Å². The van der Waals surface area contributed by atoms with Gasteiger partial charge in [-0.2, -0.15) is 0 Å². The van der Waals surface area contributed by atoms with Gasteiger partial charge >= 0.3 is 0 Å². The minimum atomic E-state index is -3.40. The van der Waals surface area contributed by atoms with Crippen LogP contribution in [-0.2, 0) is 10.0 Å². The third kappa shape index (κ3) is 5.39. The van der Waals surface area contributed by atoms with E-state index in [2.05, 4.69) is 20.6 Å². The molecule has 108 valence electrons. The van der Waals surface area contributed by atoms with Crippen LogP contribution in [0.5, 0.6) is 0 Å². The molecule has 0 spiro atoms. The Balaban J connectivity index is 2.67. The van der Waals surface area contributed by atoms with Gasteiger partial charge in [0.15, 0.2) is 0 Å². The zero-order valence-electron chi connectivity index (χ0n) is 11.5. The number of nitrogens with one attached hydrogen (secondary N) is 2.